The van der Waals surface area contributed by atoms with Gasteiger partial charge in [-0.15, -0.1) is 0 Å². The summed E-state index contributed by atoms with van der Waals surface area (Å²) in [5, 5.41) is 21.7. The molecule has 1 aliphatic heterocycles. The van der Waals surface area contributed by atoms with E-state index in [1.165, 1.54) is 11.3 Å². The first-order chi connectivity index (χ1) is 16.4. The molecule has 0 unspecified atom stereocenters. The Bertz CT molecular complexity index is 1440. The number of hydrogen-bond donors (Lipinski definition) is 2. The second kappa shape index (κ2) is 8.59. The average Bonchev–Trinajstić information content (AvgIpc) is 3.39. The van der Waals surface area contributed by atoms with Gasteiger partial charge in [-0.3, -0.25) is 9.48 Å². The van der Waals surface area contributed by atoms with Crippen LogP contribution >= 0.6 is 11.3 Å². The summed E-state index contributed by atoms with van der Waals surface area (Å²) in [5.74, 6) is -0.293. The lowest BCUT2D eigenvalue weighted by molar-refractivity contribution is 0.102. The minimum atomic E-state index is -0.293. The van der Waals surface area contributed by atoms with Gasteiger partial charge < -0.3 is 20.3 Å². The number of aromatic nitrogens is 3. The minimum Gasteiger partial charge on any atom is -0.473 e. The van der Waals surface area contributed by atoms with Gasteiger partial charge in [-0.25, -0.2) is 4.98 Å². The fraction of sp³-hybridized carbons (Fsp3) is 0.333. The van der Waals surface area contributed by atoms with Crippen LogP contribution in [-0.4, -0.2) is 53.0 Å². The Morgan fingerprint density at radius 3 is 2.74 bits per heavy atom. The van der Waals surface area contributed by atoms with Gasteiger partial charge >= 0.3 is 0 Å². The maximum atomic E-state index is 13.3. The smallest absolute Gasteiger partial charge is 0.274 e. The Hall–Kier alpha value is -3.68. The van der Waals surface area contributed by atoms with Gasteiger partial charge in [0.2, 0.25) is 0 Å². The molecule has 174 valence electrons. The van der Waals surface area contributed by atoms with Gasteiger partial charge in [-0.05, 0) is 38.1 Å². The quantitative estimate of drug-likeness (QED) is 0.465. The number of nitrogens with zero attached hydrogens (tertiary/aromatic N) is 5. The highest BCUT2D eigenvalue weighted by molar-refractivity contribution is 7.21. The van der Waals surface area contributed by atoms with Gasteiger partial charge in [0.25, 0.3) is 11.1 Å². The summed E-state index contributed by atoms with van der Waals surface area (Å²) in [6.45, 7) is 6.08. The number of methoxy groups -OCH3 is 1. The molecule has 5 rings (SSSR count). The topological polar surface area (TPSA) is 108 Å². The number of nitrogens with one attached hydrogen (secondary N) is 2. The van der Waals surface area contributed by atoms with E-state index in [9.17, 15) is 10.1 Å². The van der Waals surface area contributed by atoms with Crippen LogP contribution in [0.1, 0.15) is 29.8 Å². The number of amides is 1. The molecule has 2 atom stereocenters. The molecule has 2 aromatic heterocycles. The highest BCUT2D eigenvalue weighted by Crippen LogP contribution is 2.38. The molecule has 2 aromatic carbocycles. The molecule has 10 heteroatoms. The molecule has 0 bridgehead atoms. The van der Waals surface area contributed by atoms with Crippen molar-refractivity contribution in [3.05, 3.63) is 41.6 Å². The first-order valence-electron chi connectivity index (χ1n) is 11.0. The maximum Gasteiger partial charge on any atom is 0.274 e. The molecule has 34 heavy (non-hydrogen) atoms. The van der Waals surface area contributed by atoms with E-state index in [4.69, 9.17) is 4.74 Å². The number of anilines is 2. The lowest BCUT2D eigenvalue weighted by Gasteiger charge is -2.37. The molecule has 2 N–H and O–H groups in total. The van der Waals surface area contributed by atoms with Crippen LogP contribution in [0.15, 0.2) is 30.5 Å². The number of nitriles is 1. The predicted octanol–water partition coefficient (Wildman–Crippen LogP) is 3.50. The summed E-state index contributed by atoms with van der Waals surface area (Å²) in [6.07, 6.45) is 1.82. The average molecular weight is 476 g/mol. The first-order valence-corrected chi connectivity index (χ1v) is 11.8. The zero-order valence-corrected chi connectivity index (χ0v) is 20.2. The number of aryl methyl sites for hydroxylation is 1. The standard InChI is InChI=1S/C24H25N7O2S/c1-13-10-31(11-14(2)26-13)19-6-5-18(21-22(19)34-24(28-21)33-4)23(32)27-17-7-15(9-25)20-16(8-17)12-30(3)29-20/h5-8,12-14,26H,10-11H2,1-4H3,(H,27,32)/t13-,14-/m0/s1. The zero-order chi connectivity index (χ0) is 24.0. The molecule has 1 fully saturated rings. The molecule has 0 saturated carbocycles. The molecule has 1 saturated heterocycles. The van der Waals surface area contributed by atoms with E-state index in [0.29, 0.717) is 45.1 Å². The molecule has 1 amide bonds. The van der Waals surface area contributed by atoms with E-state index in [0.717, 1.165) is 28.9 Å². The van der Waals surface area contributed by atoms with Crippen LogP contribution < -0.4 is 20.3 Å². The zero-order valence-electron chi connectivity index (χ0n) is 19.4. The third-order valence-corrected chi connectivity index (χ3v) is 6.96. The lowest BCUT2D eigenvalue weighted by Crippen LogP contribution is -2.54. The van der Waals surface area contributed by atoms with Crippen molar-refractivity contribution < 1.29 is 9.53 Å². The van der Waals surface area contributed by atoms with E-state index in [-0.39, 0.29) is 5.91 Å². The third-order valence-electron chi connectivity index (χ3n) is 5.92. The Labute approximate surface area is 200 Å². The molecule has 3 heterocycles. The van der Waals surface area contributed by atoms with Gasteiger partial charge in [0.1, 0.15) is 17.1 Å². The van der Waals surface area contributed by atoms with Crippen molar-refractivity contribution >= 4 is 49.7 Å². The Balaban J connectivity index is 1.53. The molecule has 0 aliphatic carbocycles. The number of carbonyl (C=O) groups excluding carboxylic acids is 1. The fourth-order valence-corrected chi connectivity index (χ4v) is 5.58. The van der Waals surface area contributed by atoms with Crippen molar-refractivity contribution in [3.8, 4) is 11.3 Å². The lowest BCUT2D eigenvalue weighted by atomic mass is 10.1. The number of hydrogen-bond acceptors (Lipinski definition) is 8. The van der Waals surface area contributed by atoms with Gasteiger partial charge in [0.15, 0.2) is 0 Å². The summed E-state index contributed by atoms with van der Waals surface area (Å²) < 4.78 is 7.99. The summed E-state index contributed by atoms with van der Waals surface area (Å²) >= 11 is 1.44. The molecule has 4 aromatic rings. The molecule has 0 spiro atoms. The minimum absolute atomic E-state index is 0.293. The van der Waals surface area contributed by atoms with Crippen molar-refractivity contribution in [2.75, 3.05) is 30.4 Å². The molecule has 1 aliphatic rings. The second-order valence-electron chi connectivity index (χ2n) is 8.70. The van der Waals surface area contributed by atoms with Gasteiger partial charge in [0, 0.05) is 49.5 Å². The van der Waals surface area contributed by atoms with E-state index < -0.39 is 0 Å². The summed E-state index contributed by atoms with van der Waals surface area (Å²) in [6, 6.07) is 10.1. The number of thiazole rings is 1. The highest BCUT2D eigenvalue weighted by Gasteiger charge is 2.26. The largest absolute Gasteiger partial charge is 0.473 e. The normalized spacial score (nSPS) is 18.3. The van der Waals surface area contributed by atoms with E-state index in [1.54, 1.807) is 24.9 Å². The second-order valence-corrected chi connectivity index (χ2v) is 9.66. The van der Waals surface area contributed by atoms with Crippen molar-refractivity contribution in [2.24, 2.45) is 7.05 Å². The summed E-state index contributed by atoms with van der Waals surface area (Å²) in [4.78, 5) is 20.3. The fourth-order valence-electron chi connectivity index (χ4n) is 4.63. The summed E-state index contributed by atoms with van der Waals surface area (Å²) in [7, 11) is 3.38. The highest BCUT2D eigenvalue weighted by atomic mass is 32.1. The van der Waals surface area contributed by atoms with Crippen molar-refractivity contribution in [1.29, 1.82) is 5.26 Å². The maximum absolute atomic E-state index is 13.3. The number of fused-ring (bicyclic) bond motifs is 2. The number of rotatable bonds is 4. The van der Waals surface area contributed by atoms with Gasteiger partial charge in [-0.1, -0.05) is 11.3 Å². The summed E-state index contributed by atoms with van der Waals surface area (Å²) in [5.41, 5.74) is 3.67. The van der Waals surface area contributed by atoms with E-state index in [2.05, 4.69) is 45.5 Å². The monoisotopic (exact) mass is 475 g/mol. The SMILES string of the molecule is COc1nc2c(C(=O)Nc3cc(C#N)c4nn(C)cc4c3)ccc(N3C[C@H](C)N[C@@H](C)C3)c2s1. The van der Waals surface area contributed by atoms with E-state index >= 15 is 0 Å². The Kier molecular flexibility index (Phi) is 5.59. The molecule has 0 radical (unpaired) electrons. The van der Waals surface area contributed by atoms with Crippen LogP contribution in [0.5, 0.6) is 5.19 Å². The van der Waals surface area contributed by atoms with Crippen LogP contribution in [0.3, 0.4) is 0 Å². The molecule has 9 nitrogen and oxygen atoms in total. The van der Waals surface area contributed by atoms with Crippen molar-refractivity contribution in [2.45, 2.75) is 25.9 Å². The first kappa shape index (κ1) is 22.1. The van der Waals surface area contributed by atoms with Crippen LogP contribution in [0.25, 0.3) is 21.1 Å². The number of benzene rings is 2. The number of carbonyl (C=O) groups is 1. The Morgan fingerprint density at radius 2 is 2.03 bits per heavy atom. The Morgan fingerprint density at radius 1 is 1.26 bits per heavy atom. The van der Waals surface area contributed by atoms with Crippen LogP contribution in [0.4, 0.5) is 11.4 Å². The van der Waals surface area contributed by atoms with Gasteiger partial charge in [-0.2, -0.15) is 10.4 Å². The third kappa shape index (κ3) is 3.93. The van der Waals surface area contributed by atoms with Crippen LogP contribution in [0, 0.1) is 11.3 Å². The van der Waals surface area contributed by atoms with Gasteiger partial charge in [0.05, 0.1) is 28.6 Å². The molecular weight excluding hydrogens is 450 g/mol. The number of ether oxygens (including phenoxy) is 1. The van der Waals surface area contributed by atoms with Crippen LogP contribution in [-0.2, 0) is 7.05 Å². The van der Waals surface area contributed by atoms with Crippen LogP contribution in [0.2, 0.25) is 0 Å². The predicted molar refractivity (Wildman–Crippen MR) is 134 cm³/mol. The van der Waals surface area contributed by atoms with E-state index in [1.807, 2.05) is 24.4 Å². The van der Waals surface area contributed by atoms with Crippen molar-refractivity contribution in [3.63, 3.8) is 0 Å². The number of piperazine rings is 1. The van der Waals surface area contributed by atoms with Crippen molar-refractivity contribution in [1.82, 2.24) is 20.1 Å². The molecular formula is C24H25N7O2S.